The Morgan fingerprint density at radius 1 is 1.07 bits per heavy atom. The van der Waals surface area contributed by atoms with Crippen LogP contribution in [0.4, 0.5) is 0 Å². The summed E-state index contributed by atoms with van der Waals surface area (Å²) >= 11 is 0. The molecule has 8 N–H and O–H groups in total. The van der Waals surface area contributed by atoms with Crippen molar-refractivity contribution in [2.24, 2.45) is 5.73 Å². The van der Waals surface area contributed by atoms with Crippen molar-refractivity contribution in [1.29, 1.82) is 0 Å². The lowest BCUT2D eigenvalue weighted by Crippen LogP contribution is -2.56. The van der Waals surface area contributed by atoms with Gasteiger partial charge in [-0.15, -0.1) is 0 Å². The summed E-state index contributed by atoms with van der Waals surface area (Å²) in [5.74, 6) is -2.71. The molecule has 2 aromatic rings. The van der Waals surface area contributed by atoms with Crippen molar-refractivity contribution in [3.63, 3.8) is 0 Å². The number of aromatic nitrogens is 2. The highest BCUT2D eigenvalue weighted by atomic mass is 16.4. The van der Waals surface area contributed by atoms with Gasteiger partial charge in [-0.25, -0.2) is 9.78 Å². The molecule has 2 amide bonds. The summed E-state index contributed by atoms with van der Waals surface area (Å²) in [6.07, 6.45) is 2.85. The number of nitrogens with zero attached hydrogens (tertiary/aromatic N) is 1. The minimum Gasteiger partial charge on any atom is -0.508 e. The Labute approximate surface area is 166 Å². The molecule has 1 heterocycles. The number of benzene rings is 1. The van der Waals surface area contributed by atoms with Crippen LogP contribution in [0.1, 0.15) is 11.3 Å². The van der Waals surface area contributed by atoms with E-state index in [-0.39, 0.29) is 18.6 Å². The quantitative estimate of drug-likeness (QED) is 0.242. The number of carbonyl (C=O) groups excluding carboxylic acids is 2. The van der Waals surface area contributed by atoms with Crippen molar-refractivity contribution in [2.75, 3.05) is 6.61 Å². The Bertz CT molecular complexity index is 824. The normalized spacial score (nSPS) is 13.9. The lowest BCUT2D eigenvalue weighted by molar-refractivity contribution is -0.142. The van der Waals surface area contributed by atoms with E-state index in [0.29, 0.717) is 11.3 Å². The third kappa shape index (κ3) is 6.59. The number of nitrogens with one attached hydrogen (secondary N) is 3. The van der Waals surface area contributed by atoms with E-state index in [1.54, 1.807) is 12.1 Å². The third-order valence-corrected chi connectivity index (χ3v) is 4.14. The highest BCUT2D eigenvalue weighted by Gasteiger charge is 2.28. The Morgan fingerprint density at radius 2 is 1.72 bits per heavy atom. The van der Waals surface area contributed by atoms with Crippen LogP contribution in [0.25, 0.3) is 0 Å². The average molecular weight is 405 g/mol. The molecule has 0 unspecified atom stereocenters. The maximum atomic E-state index is 12.7. The second kappa shape index (κ2) is 10.2. The zero-order valence-corrected chi connectivity index (χ0v) is 15.4. The molecule has 29 heavy (non-hydrogen) atoms. The molecule has 2 rings (SSSR count). The van der Waals surface area contributed by atoms with Crippen LogP contribution in [0.3, 0.4) is 0 Å². The summed E-state index contributed by atoms with van der Waals surface area (Å²) in [6.45, 7) is -0.608. The van der Waals surface area contributed by atoms with E-state index in [4.69, 9.17) is 10.8 Å². The molecule has 0 saturated carbocycles. The molecule has 156 valence electrons. The van der Waals surface area contributed by atoms with Gasteiger partial charge in [0.05, 0.1) is 12.9 Å². The first-order valence-electron chi connectivity index (χ1n) is 8.75. The molecule has 0 aliphatic carbocycles. The number of imidazole rings is 1. The number of phenolic OH excluding ortho intramolecular Hbond substituents is 1. The molecule has 0 saturated heterocycles. The third-order valence-electron chi connectivity index (χ3n) is 4.14. The van der Waals surface area contributed by atoms with E-state index in [1.807, 2.05) is 0 Å². The first kappa shape index (κ1) is 21.9. The predicted octanol–water partition coefficient (Wildman–Crippen LogP) is -1.73. The number of rotatable bonds is 10. The van der Waals surface area contributed by atoms with Gasteiger partial charge in [0, 0.05) is 24.7 Å². The number of carboxylic acid groups (broad SMARTS) is 1. The summed E-state index contributed by atoms with van der Waals surface area (Å²) in [4.78, 5) is 43.0. The van der Waals surface area contributed by atoms with E-state index in [0.717, 1.165) is 0 Å². The molecule has 0 aliphatic heterocycles. The van der Waals surface area contributed by atoms with E-state index in [2.05, 4.69) is 20.6 Å². The zero-order valence-electron chi connectivity index (χ0n) is 15.4. The molecule has 0 spiro atoms. The van der Waals surface area contributed by atoms with Gasteiger partial charge in [0.15, 0.2) is 0 Å². The molecule has 0 fully saturated rings. The number of hydrogen-bond acceptors (Lipinski definition) is 7. The van der Waals surface area contributed by atoms with Gasteiger partial charge in [0.25, 0.3) is 0 Å². The van der Waals surface area contributed by atoms with E-state index >= 15 is 0 Å². The molecule has 11 heteroatoms. The number of phenols is 1. The summed E-state index contributed by atoms with van der Waals surface area (Å²) in [5, 5.41) is 32.6. The average Bonchev–Trinajstić information content (AvgIpc) is 3.20. The minimum atomic E-state index is -1.26. The van der Waals surface area contributed by atoms with Gasteiger partial charge in [-0.05, 0) is 17.7 Å². The number of H-pyrrole nitrogens is 1. The van der Waals surface area contributed by atoms with Gasteiger partial charge in [-0.2, -0.15) is 0 Å². The molecule has 0 bridgehead atoms. The summed E-state index contributed by atoms with van der Waals surface area (Å²) in [5.41, 5.74) is 6.60. The van der Waals surface area contributed by atoms with Crippen molar-refractivity contribution in [2.45, 2.75) is 31.0 Å². The first-order valence-corrected chi connectivity index (χ1v) is 8.75. The fraction of sp³-hybridized carbons (Fsp3) is 0.333. The van der Waals surface area contributed by atoms with Crippen molar-refractivity contribution in [3.8, 4) is 5.75 Å². The number of hydrogen-bond donors (Lipinski definition) is 7. The van der Waals surface area contributed by atoms with Gasteiger partial charge in [0.1, 0.15) is 23.9 Å². The van der Waals surface area contributed by atoms with Crippen LogP contribution in [0.2, 0.25) is 0 Å². The number of nitrogens with two attached hydrogens (primary N) is 1. The molecular weight excluding hydrogens is 382 g/mol. The zero-order chi connectivity index (χ0) is 21.4. The standard InChI is InChI=1S/C18H23N5O6/c19-13(8-24)16(26)22-14(6-11-7-20-9-21-11)17(27)23-15(18(28)29)5-10-1-3-12(25)4-2-10/h1-4,7,9,13-15,24-25H,5-6,8,19H2,(H,20,21)(H,22,26)(H,23,27)(H,28,29)/t13-,14-,15-/m0/s1. The molecule has 1 aromatic carbocycles. The SMILES string of the molecule is N[C@@H](CO)C(=O)N[C@@H](Cc1cnc[nH]1)C(=O)N[C@@H](Cc1ccc(O)cc1)C(=O)O. The number of aromatic amines is 1. The molecule has 3 atom stereocenters. The topological polar surface area (TPSA) is 191 Å². The number of amides is 2. The number of aliphatic carboxylic acids is 1. The summed E-state index contributed by atoms with van der Waals surface area (Å²) in [7, 11) is 0. The van der Waals surface area contributed by atoms with Gasteiger partial charge in [-0.3, -0.25) is 9.59 Å². The number of carbonyl (C=O) groups is 3. The van der Waals surface area contributed by atoms with Crippen LogP contribution < -0.4 is 16.4 Å². The second-order valence-corrected chi connectivity index (χ2v) is 6.40. The van der Waals surface area contributed by atoms with Gasteiger partial charge in [-0.1, -0.05) is 12.1 Å². The van der Waals surface area contributed by atoms with Crippen LogP contribution in [0, 0.1) is 0 Å². The molecule has 0 aliphatic rings. The van der Waals surface area contributed by atoms with Crippen LogP contribution in [-0.4, -0.2) is 67.8 Å². The number of aromatic hydroxyl groups is 1. The molecule has 1 aromatic heterocycles. The molecule has 11 nitrogen and oxygen atoms in total. The first-order chi connectivity index (χ1) is 13.8. The summed E-state index contributed by atoms with van der Waals surface area (Å²) < 4.78 is 0. The van der Waals surface area contributed by atoms with Crippen LogP contribution >= 0.6 is 0 Å². The lowest BCUT2D eigenvalue weighted by atomic mass is 10.0. The fourth-order valence-corrected chi connectivity index (χ4v) is 2.53. The number of aliphatic hydroxyl groups is 1. The van der Waals surface area contributed by atoms with Gasteiger partial charge in [0.2, 0.25) is 11.8 Å². The summed E-state index contributed by atoms with van der Waals surface area (Å²) in [6, 6.07) is 2.28. The van der Waals surface area contributed by atoms with Crippen LogP contribution in [-0.2, 0) is 27.2 Å². The second-order valence-electron chi connectivity index (χ2n) is 6.40. The molecular formula is C18H23N5O6. The molecule has 0 radical (unpaired) electrons. The van der Waals surface area contributed by atoms with Crippen molar-refractivity contribution in [3.05, 3.63) is 48.0 Å². The van der Waals surface area contributed by atoms with E-state index in [9.17, 15) is 24.6 Å². The number of carboxylic acids is 1. The highest BCUT2D eigenvalue weighted by molar-refractivity contribution is 5.92. The highest BCUT2D eigenvalue weighted by Crippen LogP contribution is 2.12. The maximum absolute atomic E-state index is 12.7. The number of aliphatic hydroxyl groups excluding tert-OH is 1. The Morgan fingerprint density at radius 3 is 2.28 bits per heavy atom. The minimum absolute atomic E-state index is 0.0151. The van der Waals surface area contributed by atoms with Crippen molar-refractivity contribution < 1.29 is 29.7 Å². The van der Waals surface area contributed by atoms with Crippen LogP contribution in [0.5, 0.6) is 5.75 Å². The van der Waals surface area contributed by atoms with Gasteiger partial charge >= 0.3 is 5.97 Å². The Hall–Kier alpha value is -3.44. The van der Waals surface area contributed by atoms with Crippen LogP contribution in [0.15, 0.2) is 36.8 Å². The Kier molecular flexibility index (Phi) is 7.69. The monoisotopic (exact) mass is 405 g/mol. The maximum Gasteiger partial charge on any atom is 0.326 e. The lowest BCUT2D eigenvalue weighted by Gasteiger charge is -2.22. The van der Waals surface area contributed by atoms with Gasteiger partial charge < -0.3 is 36.7 Å². The largest absolute Gasteiger partial charge is 0.508 e. The van der Waals surface area contributed by atoms with E-state index < -0.39 is 42.5 Å². The Balaban J connectivity index is 2.12. The van der Waals surface area contributed by atoms with E-state index in [1.165, 1.54) is 24.7 Å². The predicted molar refractivity (Wildman–Crippen MR) is 101 cm³/mol. The smallest absolute Gasteiger partial charge is 0.326 e. The van der Waals surface area contributed by atoms with Crippen molar-refractivity contribution >= 4 is 17.8 Å². The fourth-order valence-electron chi connectivity index (χ4n) is 2.53. The van der Waals surface area contributed by atoms with Crippen molar-refractivity contribution in [1.82, 2.24) is 20.6 Å².